The van der Waals surface area contributed by atoms with Crippen molar-refractivity contribution in [2.75, 3.05) is 13.2 Å². The Kier molecular flexibility index (Phi) is 4.61. The van der Waals surface area contributed by atoms with Crippen LogP contribution in [-0.2, 0) is 19.5 Å². The van der Waals surface area contributed by atoms with E-state index in [9.17, 15) is 0 Å². The summed E-state index contributed by atoms with van der Waals surface area (Å²) in [6.45, 7) is 7.50. The summed E-state index contributed by atoms with van der Waals surface area (Å²) in [4.78, 5) is 0. The highest BCUT2D eigenvalue weighted by atomic mass is 16.5. The Morgan fingerprint density at radius 3 is 3.00 bits per heavy atom. The molecule has 1 N–H and O–H groups in total. The van der Waals surface area contributed by atoms with E-state index in [1.54, 1.807) is 0 Å². The lowest BCUT2D eigenvalue weighted by Crippen LogP contribution is -2.37. The van der Waals surface area contributed by atoms with E-state index >= 15 is 0 Å². The minimum atomic E-state index is 0.399. The summed E-state index contributed by atoms with van der Waals surface area (Å²) < 4.78 is 14.0. The Labute approximate surface area is 148 Å². The van der Waals surface area contributed by atoms with Gasteiger partial charge in [-0.15, -0.1) is 10.2 Å². The van der Waals surface area contributed by atoms with E-state index in [2.05, 4.69) is 40.0 Å². The maximum absolute atomic E-state index is 5.92. The molecular weight excluding hydrogens is 316 g/mol. The molecule has 0 bridgehead atoms. The fourth-order valence-electron chi connectivity index (χ4n) is 3.59. The van der Waals surface area contributed by atoms with Gasteiger partial charge in [-0.1, -0.05) is 26.0 Å². The summed E-state index contributed by atoms with van der Waals surface area (Å²) in [6, 6.07) is 6.57. The number of para-hydroxylation sites is 1. The molecule has 0 radical (unpaired) electrons. The second-order valence-electron chi connectivity index (χ2n) is 7.15. The zero-order chi connectivity index (χ0) is 17.2. The van der Waals surface area contributed by atoms with Crippen LogP contribution in [0.5, 0.6) is 11.5 Å². The molecule has 1 atom stereocenters. The third kappa shape index (κ3) is 3.35. The molecule has 6 nitrogen and oxygen atoms in total. The van der Waals surface area contributed by atoms with Crippen molar-refractivity contribution in [3.63, 3.8) is 0 Å². The molecule has 4 rings (SSSR count). The molecule has 0 saturated heterocycles. The monoisotopic (exact) mass is 342 g/mol. The molecule has 2 aliphatic rings. The molecule has 0 spiro atoms. The molecular formula is C19H26N4O2. The van der Waals surface area contributed by atoms with Crippen LogP contribution >= 0.6 is 0 Å². The van der Waals surface area contributed by atoms with Crippen molar-refractivity contribution >= 4 is 0 Å². The topological polar surface area (TPSA) is 61.2 Å². The molecule has 0 saturated carbocycles. The van der Waals surface area contributed by atoms with E-state index in [0.29, 0.717) is 12.0 Å². The molecule has 25 heavy (non-hydrogen) atoms. The van der Waals surface area contributed by atoms with Crippen LogP contribution in [0, 0.1) is 0 Å². The van der Waals surface area contributed by atoms with Gasteiger partial charge in [0.1, 0.15) is 11.6 Å². The minimum Gasteiger partial charge on any atom is -0.490 e. The maximum Gasteiger partial charge on any atom is 0.165 e. The Morgan fingerprint density at radius 1 is 1.24 bits per heavy atom. The second-order valence-corrected chi connectivity index (χ2v) is 7.15. The molecule has 134 valence electrons. The fourth-order valence-corrected chi connectivity index (χ4v) is 3.59. The molecule has 6 heteroatoms. The summed E-state index contributed by atoms with van der Waals surface area (Å²) >= 11 is 0. The van der Waals surface area contributed by atoms with E-state index in [1.807, 2.05) is 12.1 Å². The van der Waals surface area contributed by atoms with Gasteiger partial charge in [-0.3, -0.25) is 0 Å². The first kappa shape index (κ1) is 16.4. The number of fused-ring (bicyclic) bond motifs is 2. The second kappa shape index (κ2) is 7.04. The molecule has 0 aliphatic carbocycles. The van der Waals surface area contributed by atoms with E-state index in [4.69, 9.17) is 9.47 Å². The van der Waals surface area contributed by atoms with Gasteiger partial charge in [0.15, 0.2) is 11.5 Å². The lowest BCUT2D eigenvalue weighted by molar-refractivity contribution is 0.295. The molecule has 2 aromatic rings. The van der Waals surface area contributed by atoms with Crippen molar-refractivity contribution in [3.05, 3.63) is 35.4 Å². The van der Waals surface area contributed by atoms with Crippen LogP contribution in [0.2, 0.25) is 0 Å². The van der Waals surface area contributed by atoms with Crippen molar-refractivity contribution in [1.82, 2.24) is 20.1 Å². The highest BCUT2D eigenvalue weighted by Crippen LogP contribution is 2.33. The average molecular weight is 342 g/mol. The SMILES string of the molecule is CC(C)c1nnc2n1C[C@H](NCc1cccc3c1OCCCO3)CC2. The molecule has 0 unspecified atom stereocenters. The van der Waals surface area contributed by atoms with Gasteiger partial charge in [-0.2, -0.15) is 0 Å². The maximum atomic E-state index is 5.92. The number of benzene rings is 1. The van der Waals surface area contributed by atoms with Gasteiger partial charge < -0.3 is 19.4 Å². The van der Waals surface area contributed by atoms with Crippen LogP contribution < -0.4 is 14.8 Å². The van der Waals surface area contributed by atoms with Gasteiger partial charge in [0.25, 0.3) is 0 Å². The van der Waals surface area contributed by atoms with Crippen LogP contribution in [0.1, 0.15) is 49.8 Å². The Balaban J connectivity index is 1.45. The zero-order valence-electron chi connectivity index (χ0n) is 15.0. The molecule has 3 heterocycles. The highest BCUT2D eigenvalue weighted by Gasteiger charge is 2.24. The third-order valence-corrected chi connectivity index (χ3v) is 4.93. The quantitative estimate of drug-likeness (QED) is 0.926. The van der Waals surface area contributed by atoms with Gasteiger partial charge in [-0.05, 0) is 12.5 Å². The standard InChI is InChI=1S/C19H26N4O2/c1-13(2)19-22-21-17-8-7-15(12-23(17)19)20-11-14-5-3-6-16-18(14)25-10-4-9-24-16/h3,5-6,13,15,20H,4,7-12H2,1-2H3/t15-/m1/s1. The predicted molar refractivity (Wildman–Crippen MR) is 95.1 cm³/mol. The Bertz CT molecular complexity index is 741. The van der Waals surface area contributed by atoms with Crippen molar-refractivity contribution in [2.45, 2.75) is 58.2 Å². The molecule has 0 fully saturated rings. The van der Waals surface area contributed by atoms with Gasteiger partial charge in [0.05, 0.1) is 13.2 Å². The lowest BCUT2D eigenvalue weighted by Gasteiger charge is -2.26. The zero-order valence-corrected chi connectivity index (χ0v) is 15.0. The third-order valence-electron chi connectivity index (χ3n) is 4.93. The summed E-state index contributed by atoms with van der Waals surface area (Å²) in [6.07, 6.45) is 2.99. The Hall–Kier alpha value is -2.08. The van der Waals surface area contributed by atoms with Crippen molar-refractivity contribution in [1.29, 1.82) is 0 Å². The van der Waals surface area contributed by atoms with Gasteiger partial charge in [0.2, 0.25) is 0 Å². The van der Waals surface area contributed by atoms with Crippen molar-refractivity contribution in [3.8, 4) is 11.5 Å². The number of nitrogens with one attached hydrogen (secondary N) is 1. The van der Waals surface area contributed by atoms with E-state index in [0.717, 1.165) is 74.3 Å². The van der Waals surface area contributed by atoms with Crippen LogP contribution in [0.15, 0.2) is 18.2 Å². The number of aromatic nitrogens is 3. The van der Waals surface area contributed by atoms with Gasteiger partial charge in [-0.25, -0.2) is 0 Å². The molecule has 0 amide bonds. The van der Waals surface area contributed by atoms with Crippen molar-refractivity contribution < 1.29 is 9.47 Å². The average Bonchev–Trinajstić information content (AvgIpc) is 2.89. The number of rotatable bonds is 4. The number of nitrogens with zero attached hydrogens (tertiary/aromatic N) is 3. The number of aryl methyl sites for hydroxylation is 1. The molecule has 2 aliphatic heterocycles. The van der Waals surface area contributed by atoms with E-state index in [1.165, 1.54) is 0 Å². The molecule has 1 aromatic heterocycles. The normalized spacial score (nSPS) is 19.6. The first-order valence-electron chi connectivity index (χ1n) is 9.25. The highest BCUT2D eigenvalue weighted by molar-refractivity contribution is 5.47. The summed E-state index contributed by atoms with van der Waals surface area (Å²) in [5.41, 5.74) is 1.16. The van der Waals surface area contributed by atoms with Crippen LogP contribution in [0.3, 0.4) is 0 Å². The van der Waals surface area contributed by atoms with Crippen LogP contribution in [0.4, 0.5) is 0 Å². The minimum absolute atomic E-state index is 0.399. The van der Waals surface area contributed by atoms with Crippen molar-refractivity contribution in [2.24, 2.45) is 0 Å². The number of hydrogen-bond acceptors (Lipinski definition) is 5. The van der Waals surface area contributed by atoms with Gasteiger partial charge >= 0.3 is 0 Å². The summed E-state index contributed by atoms with van der Waals surface area (Å²) in [7, 11) is 0. The van der Waals surface area contributed by atoms with Crippen LogP contribution in [0.25, 0.3) is 0 Å². The summed E-state index contributed by atoms with van der Waals surface area (Å²) in [5.74, 6) is 4.37. The summed E-state index contributed by atoms with van der Waals surface area (Å²) in [5, 5.41) is 12.4. The Morgan fingerprint density at radius 2 is 2.12 bits per heavy atom. The first-order valence-corrected chi connectivity index (χ1v) is 9.25. The smallest absolute Gasteiger partial charge is 0.165 e. The number of ether oxygens (including phenoxy) is 2. The first-order chi connectivity index (χ1) is 12.2. The largest absolute Gasteiger partial charge is 0.490 e. The fraction of sp³-hybridized carbons (Fsp3) is 0.579. The van der Waals surface area contributed by atoms with Gasteiger partial charge in [0, 0.05) is 43.5 Å². The predicted octanol–water partition coefficient (Wildman–Crippen LogP) is 2.67. The van der Waals surface area contributed by atoms with E-state index < -0.39 is 0 Å². The van der Waals surface area contributed by atoms with Crippen LogP contribution in [-0.4, -0.2) is 34.0 Å². The lowest BCUT2D eigenvalue weighted by atomic mass is 10.1. The molecule has 1 aromatic carbocycles. The number of hydrogen-bond donors (Lipinski definition) is 1. The van der Waals surface area contributed by atoms with E-state index in [-0.39, 0.29) is 0 Å².